The number of benzene rings is 1. The van der Waals surface area contributed by atoms with E-state index in [-0.39, 0.29) is 8.96 Å². The Labute approximate surface area is 121 Å². The maximum absolute atomic E-state index is 11.8. The standard InChI is InChI=1S/C12H11Br2NO3/c1-2-7-5-3-4-6-8(7)15-11(16)9(13)10(14)12(17)18/h3-6H,2H2,1H3,(H,15,16)(H,17,18). The molecule has 0 fully saturated rings. The molecule has 1 amide bonds. The van der Waals surface area contributed by atoms with Gasteiger partial charge in [-0.05, 0) is 49.9 Å². The molecule has 0 aliphatic heterocycles. The summed E-state index contributed by atoms with van der Waals surface area (Å²) >= 11 is 5.78. The Morgan fingerprint density at radius 1 is 1.22 bits per heavy atom. The minimum atomic E-state index is -1.21. The highest BCUT2D eigenvalue weighted by molar-refractivity contribution is 9.14. The Balaban J connectivity index is 2.95. The molecule has 4 nitrogen and oxygen atoms in total. The highest BCUT2D eigenvalue weighted by atomic mass is 79.9. The fraction of sp³-hybridized carbons (Fsp3) is 0.167. The summed E-state index contributed by atoms with van der Waals surface area (Å²) in [5.74, 6) is -1.72. The first kappa shape index (κ1) is 14.9. The number of carbonyl (C=O) groups is 2. The molecule has 0 aliphatic carbocycles. The number of para-hydroxylation sites is 1. The number of hydrogen-bond acceptors (Lipinski definition) is 2. The van der Waals surface area contributed by atoms with Crippen LogP contribution >= 0.6 is 31.9 Å². The quantitative estimate of drug-likeness (QED) is 0.792. The van der Waals surface area contributed by atoms with Crippen molar-refractivity contribution in [2.75, 3.05) is 5.32 Å². The van der Waals surface area contributed by atoms with Gasteiger partial charge < -0.3 is 10.4 Å². The van der Waals surface area contributed by atoms with Crippen LogP contribution in [0.1, 0.15) is 12.5 Å². The van der Waals surface area contributed by atoms with Gasteiger partial charge in [-0.2, -0.15) is 0 Å². The van der Waals surface area contributed by atoms with Crippen LogP contribution in [0.5, 0.6) is 0 Å². The molecular weight excluding hydrogens is 366 g/mol. The molecule has 0 atom stereocenters. The Morgan fingerprint density at radius 2 is 1.83 bits per heavy atom. The first-order valence-electron chi connectivity index (χ1n) is 5.15. The lowest BCUT2D eigenvalue weighted by Crippen LogP contribution is -2.15. The van der Waals surface area contributed by atoms with Gasteiger partial charge in [0, 0.05) is 5.69 Å². The second-order valence-corrected chi connectivity index (χ2v) is 4.98. The molecule has 18 heavy (non-hydrogen) atoms. The molecule has 0 aromatic heterocycles. The summed E-state index contributed by atoms with van der Waals surface area (Å²) in [6.07, 6.45) is 0.776. The third-order valence-corrected chi connectivity index (χ3v) is 4.25. The zero-order valence-electron chi connectivity index (χ0n) is 9.54. The van der Waals surface area contributed by atoms with Crippen LogP contribution in [0.4, 0.5) is 5.69 Å². The van der Waals surface area contributed by atoms with Crippen molar-refractivity contribution in [1.82, 2.24) is 0 Å². The molecule has 2 N–H and O–H groups in total. The number of hydrogen-bond donors (Lipinski definition) is 2. The van der Waals surface area contributed by atoms with Crippen molar-refractivity contribution >= 4 is 49.4 Å². The molecule has 0 saturated heterocycles. The van der Waals surface area contributed by atoms with E-state index in [1.807, 2.05) is 19.1 Å². The van der Waals surface area contributed by atoms with Crippen LogP contribution in [-0.4, -0.2) is 17.0 Å². The van der Waals surface area contributed by atoms with Gasteiger partial charge in [0.1, 0.15) is 8.96 Å². The van der Waals surface area contributed by atoms with Crippen LogP contribution in [-0.2, 0) is 16.0 Å². The average Bonchev–Trinajstić information content (AvgIpc) is 2.37. The second-order valence-electron chi connectivity index (χ2n) is 3.40. The Kier molecular flexibility index (Phi) is 5.55. The smallest absolute Gasteiger partial charge is 0.344 e. The topological polar surface area (TPSA) is 66.4 Å². The van der Waals surface area contributed by atoms with Crippen molar-refractivity contribution in [3.05, 3.63) is 38.8 Å². The van der Waals surface area contributed by atoms with E-state index in [1.54, 1.807) is 12.1 Å². The van der Waals surface area contributed by atoms with Gasteiger partial charge in [-0.1, -0.05) is 25.1 Å². The van der Waals surface area contributed by atoms with E-state index in [0.29, 0.717) is 5.69 Å². The van der Waals surface area contributed by atoms with E-state index in [4.69, 9.17) is 5.11 Å². The summed E-state index contributed by atoms with van der Waals surface area (Å²) in [6.45, 7) is 1.98. The lowest BCUT2D eigenvalue weighted by molar-refractivity contribution is -0.132. The summed E-state index contributed by atoms with van der Waals surface area (Å²) in [5, 5.41) is 11.4. The molecule has 0 radical (unpaired) electrons. The van der Waals surface area contributed by atoms with Gasteiger partial charge in [0.05, 0.1) is 0 Å². The number of aryl methyl sites for hydroxylation is 1. The molecule has 1 aromatic rings. The molecule has 0 heterocycles. The fourth-order valence-corrected chi connectivity index (χ4v) is 1.77. The summed E-state index contributed by atoms with van der Waals surface area (Å²) < 4.78 is -0.269. The number of aliphatic carboxylic acids is 1. The van der Waals surface area contributed by atoms with E-state index in [1.165, 1.54) is 0 Å². The van der Waals surface area contributed by atoms with Gasteiger partial charge in [-0.25, -0.2) is 4.79 Å². The number of anilines is 1. The van der Waals surface area contributed by atoms with E-state index in [2.05, 4.69) is 37.2 Å². The predicted octanol–water partition coefficient (Wildman–Crippen LogP) is 3.27. The van der Waals surface area contributed by atoms with Crippen molar-refractivity contribution in [2.45, 2.75) is 13.3 Å². The van der Waals surface area contributed by atoms with Crippen LogP contribution in [0.3, 0.4) is 0 Å². The molecule has 0 unspecified atom stereocenters. The molecule has 0 bridgehead atoms. The first-order chi connectivity index (χ1) is 8.47. The van der Waals surface area contributed by atoms with Gasteiger partial charge in [0.15, 0.2) is 0 Å². The van der Waals surface area contributed by atoms with Gasteiger partial charge >= 0.3 is 5.97 Å². The Hall–Kier alpha value is -1.14. The highest BCUT2D eigenvalue weighted by Crippen LogP contribution is 2.22. The molecule has 0 spiro atoms. The average molecular weight is 377 g/mol. The summed E-state index contributed by atoms with van der Waals surface area (Å²) in [7, 11) is 0. The minimum Gasteiger partial charge on any atom is -0.477 e. The Morgan fingerprint density at radius 3 is 2.39 bits per heavy atom. The van der Waals surface area contributed by atoms with Crippen molar-refractivity contribution in [3.63, 3.8) is 0 Å². The molecule has 1 rings (SSSR count). The monoisotopic (exact) mass is 375 g/mol. The van der Waals surface area contributed by atoms with Gasteiger partial charge in [0.2, 0.25) is 0 Å². The SMILES string of the molecule is CCc1ccccc1NC(=O)C(Br)=C(Br)C(=O)O. The number of amides is 1. The predicted molar refractivity (Wildman–Crippen MR) is 77.0 cm³/mol. The van der Waals surface area contributed by atoms with Crippen molar-refractivity contribution in [2.24, 2.45) is 0 Å². The Bertz CT molecular complexity index is 512. The van der Waals surface area contributed by atoms with E-state index in [9.17, 15) is 9.59 Å². The second kappa shape index (κ2) is 6.70. The third kappa shape index (κ3) is 3.68. The lowest BCUT2D eigenvalue weighted by atomic mass is 10.1. The molecule has 96 valence electrons. The number of carbonyl (C=O) groups excluding carboxylic acids is 1. The number of carboxylic acids is 1. The number of nitrogens with one attached hydrogen (secondary N) is 1. The maximum atomic E-state index is 11.8. The van der Waals surface area contributed by atoms with Crippen LogP contribution < -0.4 is 5.32 Å². The van der Waals surface area contributed by atoms with Crippen molar-refractivity contribution in [3.8, 4) is 0 Å². The van der Waals surface area contributed by atoms with Crippen LogP contribution in [0, 0.1) is 0 Å². The van der Waals surface area contributed by atoms with Gasteiger partial charge in [-0.15, -0.1) is 0 Å². The van der Waals surface area contributed by atoms with Crippen molar-refractivity contribution in [1.29, 1.82) is 0 Å². The summed E-state index contributed by atoms with van der Waals surface area (Å²) in [5.41, 5.74) is 1.66. The molecule has 6 heteroatoms. The highest BCUT2D eigenvalue weighted by Gasteiger charge is 2.16. The summed E-state index contributed by atoms with van der Waals surface area (Å²) in [4.78, 5) is 22.5. The van der Waals surface area contributed by atoms with Crippen LogP contribution in [0.25, 0.3) is 0 Å². The van der Waals surface area contributed by atoms with Crippen molar-refractivity contribution < 1.29 is 14.7 Å². The summed E-state index contributed by atoms with van der Waals surface area (Å²) in [6, 6.07) is 7.36. The molecule has 0 saturated carbocycles. The van der Waals surface area contributed by atoms with Crippen LogP contribution in [0.2, 0.25) is 0 Å². The number of carboxylic acid groups (broad SMARTS) is 1. The zero-order chi connectivity index (χ0) is 13.7. The number of halogens is 2. The first-order valence-corrected chi connectivity index (χ1v) is 6.73. The normalized spacial score (nSPS) is 11.7. The minimum absolute atomic E-state index is 0.0547. The van der Waals surface area contributed by atoms with Gasteiger partial charge in [0.25, 0.3) is 5.91 Å². The molecule has 0 aliphatic rings. The number of rotatable bonds is 4. The van der Waals surface area contributed by atoms with E-state index < -0.39 is 11.9 Å². The molecule has 1 aromatic carbocycles. The third-order valence-electron chi connectivity index (χ3n) is 2.23. The van der Waals surface area contributed by atoms with Crippen LogP contribution in [0.15, 0.2) is 33.2 Å². The van der Waals surface area contributed by atoms with E-state index in [0.717, 1.165) is 12.0 Å². The maximum Gasteiger partial charge on any atom is 0.344 e. The van der Waals surface area contributed by atoms with Gasteiger partial charge in [-0.3, -0.25) is 4.79 Å². The zero-order valence-corrected chi connectivity index (χ0v) is 12.7. The fourth-order valence-electron chi connectivity index (χ4n) is 1.32. The van der Waals surface area contributed by atoms with E-state index >= 15 is 0 Å². The largest absolute Gasteiger partial charge is 0.477 e. The molecular formula is C12H11Br2NO3. The lowest BCUT2D eigenvalue weighted by Gasteiger charge is -2.09.